The first kappa shape index (κ1) is 28.2. The number of esters is 1. The molecule has 0 spiro atoms. The standard InChI is InChI=1S/C27H44O5/c1-3-4-17-26(32-23(2)28)21-20-25(31-22-24-15-11-10-12-16-24)18-13-8-6-5-7-9-14-19-27(29)30/h10-12,15-16,25-26H,3-9,13-14,17-22H2,1-2H3,(H,29,30). The minimum atomic E-state index is -0.697. The number of aliphatic carboxylic acids is 1. The van der Waals surface area contributed by atoms with E-state index in [-0.39, 0.29) is 24.6 Å². The Morgan fingerprint density at radius 2 is 1.41 bits per heavy atom. The predicted molar refractivity (Wildman–Crippen MR) is 129 cm³/mol. The summed E-state index contributed by atoms with van der Waals surface area (Å²) in [7, 11) is 0. The molecule has 1 rings (SSSR count). The minimum Gasteiger partial charge on any atom is -0.481 e. The number of unbranched alkanes of at least 4 members (excludes halogenated alkanes) is 7. The molecular weight excluding hydrogens is 404 g/mol. The number of carboxylic acids is 1. The van der Waals surface area contributed by atoms with Crippen molar-refractivity contribution < 1.29 is 24.2 Å². The molecule has 1 N–H and O–H groups in total. The molecule has 32 heavy (non-hydrogen) atoms. The lowest BCUT2D eigenvalue weighted by Crippen LogP contribution is -2.21. The minimum absolute atomic E-state index is 0.0129. The molecule has 0 radical (unpaired) electrons. The van der Waals surface area contributed by atoms with E-state index < -0.39 is 5.97 Å². The van der Waals surface area contributed by atoms with Crippen LogP contribution in [-0.2, 0) is 25.7 Å². The molecule has 5 nitrogen and oxygen atoms in total. The zero-order valence-corrected chi connectivity index (χ0v) is 20.2. The highest BCUT2D eigenvalue weighted by Crippen LogP contribution is 2.20. The average Bonchev–Trinajstić information content (AvgIpc) is 2.77. The Morgan fingerprint density at radius 1 is 0.812 bits per heavy atom. The van der Waals surface area contributed by atoms with Crippen molar-refractivity contribution in [2.45, 2.75) is 123 Å². The molecule has 0 amide bonds. The van der Waals surface area contributed by atoms with Crippen LogP contribution < -0.4 is 0 Å². The van der Waals surface area contributed by atoms with Crippen LogP contribution in [0, 0.1) is 0 Å². The maximum Gasteiger partial charge on any atom is 0.303 e. The van der Waals surface area contributed by atoms with Crippen LogP contribution in [0.3, 0.4) is 0 Å². The van der Waals surface area contributed by atoms with E-state index in [2.05, 4.69) is 19.1 Å². The highest BCUT2D eigenvalue weighted by atomic mass is 16.5. The van der Waals surface area contributed by atoms with Crippen LogP contribution in [0.5, 0.6) is 0 Å². The molecule has 182 valence electrons. The lowest BCUT2D eigenvalue weighted by molar-refractivity contribution is -0.147. The molecule has 2 atom stereocenters. The van der Waals surface area contributed by atoms with E-state index in [1.165, 1.54) is 31.7 Å². The Hall–Kier alpha value is -1.88. The van der Waals surface area contributed by atoms with Crippen molar-refractivity contribution in [2.75, 3.05) is 0 Å². The van der Waals surface area contributed by atoms with E-state index in [9.17, 15) is 9.59 Å². The first-order chi connectivity index (χ1) is 15.5. The Kier molecular flexibility index (Phi) is 16.4. The average molecular weight is 449 g/mol. The topological polar surface area (TPSA) is 72.8 Å². The maximum atomic E-state index is 11.5. The third kappa shape index (κ3) is 15.9. The second-order valence-corrected chi connectivity index (χ2v) is 8.78. The smallest absolute Gasteiger partial charge is 0.303 e. The number of ether oxygens (including phenoxy) is 2. The highest BCUT2D eigenvalue weighted by molar-refractivity contribution is 5.66. The zero-order valence-electron chi connectivity index (χ0n) is 20.2. The van der Waals surface area contributed by atoms with Gasteiger partial charge >= 0.3 is 11.9 Å². The van der Waals surface area contributed by atoms with E-state index in [1.54, 1.807) is 0 Å². The molecule has 0 aliphatic carbocycles. The summed E-state index contributed by atoms with van der Waals surface area (Å²) in [5.41, 5.74) is 1.18. The van der Waals surface area contributed by atoms with Crippen molar-refractivity contribution in [3.05, 3.63) is 35.9 Å². The van der Waals surface area contributed by atoms with E-state index in [4.69, 9.17) is 14.6 Å². The third-order valence-electron chi connectivity index (χ3n) is 5.77. The van der Waals surface area contributed by atoms with Crippen molar-refractivity contribution in [3.63, 3.8) is 0 Å². The SMILES string of the molecule is CCCCC(CCC(CCCCCCCCCC(=O)O)OCc1ccccc1)OC(C)=O. The fourth-order valence-electron chi connectivity index (χ4n) is 3.93. The monoisotopic (exact) mass is 448 g/mol. The number of rotatable bonds is 20. The summed E-state index contributed by atoms with van der Waals surface area (Å²) in [5, 5.41) is 8.68. The molecule has 0 aliphatic heterocycles. The van der Waals surface area contributed by atoms with E-state index in [0.29, 0.717) is 6.61 Å². The van der Waals surface area contributed by atoms with E-state index in [0.717, 1.165) is 64.2 Å². The van der Waals surface area contributed by atoms with Gasteiger partial charge in [0.1, 0.15) is 6.10 Å². The van der Waals surface area contributed by atoms with Gasteiger partial charge < -0.3 is 14.6 Å². The summed E-state index contributed by atoms with van der Waals surface area (Å²) in [6.45, 7) is 4.26. The van der Waals surface area contributed by atoms with Gasteiger partial charge in [-0.25, -0.2) is 0 Å². The van der Waals surface area contributed by atoms with Crippen LogP contribution in [0.4, 0.5) is 0 Å². The second kappa shape index (κ2) is 18.7. The van der Waals surface area contributed by atoms with Gasteiger partial charge in [0.05, 0.1) is 12.7 Å². The summed E-state index contributed by atoms with van der Waals surface area (Å²) in [6, 6.07) is 10.3. The first-order valence-corrected chi connectivity index (χ1v) is 12.6. The van der Waals surface area contributed by atoms with E-state index >= 15 is 0 Å². The number of carbonyl (C=O) groups excluding carboxylic acids is 1. The van der Waals surface area contributed by atoms with Gasteiger partial charge in [0.2, 0.25) is 0 Å². The molecule has 0 saturated carbocycles. The zero-order chi connectivity index (χ0) is 23.4. The Balaban J connectivity index is 2.38. The van der Waals surface area contributed by atoms with Crippen LogP contribution in [-0.4, -0.2) is 29.3 Å². The van der Waals surface area contributed by atoms with Crippen LogP contribution in [0.25, 0.3) is 0 Å². The van der Waals surface area contributed by atoms with Gasteiger partial charge in [-0.2, -0.15) is 0 Å². The van der Waals surface area contributed by atoms with Crippen molar-refractivity contribution in [1.82, 2.24) is 0 Å². The number of benzene rings is 1. The molecule has 0 aliphatic rings. The van der Waals surface area contributed by atoms with Crippen LogP contribution in [0.2, 0.25) is 0 Å². The lowest BCUT2D eigenvalue weighted by Gasteiger charge is -2.22. The predicted octanol–water partition coefficient (Wildman–Crippen LogP) is 7.07. The number of hydrogen-bond acceptors (Lipinski definition) is 4. The summed E-state index contributed by atoms with van der Waals surface area (Å²) >= 11 is 0. The van der Waals surface area contributed by atoms with Crippen molar-refractivity contribution in [1.29, 1.82) is 0 Å². The molecule has 0 saturated heterocycles. The van der Waals surface area contributed by atoms with Gasteiger partial charge in [0.25, 0.3) is 0 Å². The highest BCUT2D eigenvalue weighted by Gasteiger charge is 2.16. The van der Waals surface area contributed by atoms with Crippen molar-refractivity contribution >= 4 is 11.9 Å². The van der Waals surface area contributed by atoms with Gasteiger partial charge in [-0.3, -0.25) is 9.59 Å². The number of carbonyl (C=O) groups is 2. The Bertz CT molecular complexity index is 601. The molecule has 1 aromatic rings. The molecule has 1 aromatic carbocycles. The normalized spacial score (nSPS) is 12.9. The van der Waals surface area contributed by atoms with Crippen LogP contribution >= 0.6 is 0 Å². The molecular formula is C27H44O5. The van der Waals surface area contributed by atoms with E-state index in [1.807, 2.05) is 18.2 Å². The van der Waals surface area contributed by atoms with Gasteiger partial charge in [-0.1, -0.05) is 88.6 Å². The lowest BCUT2D eigenvalue weighted by atomic mass is 10.00. The fourth-order valence-corrected chi connectivity index (χ4v) is 3.93. The molecule has 0 bridgehead atoms. The second-order valence-electron chi connectivity index (χ2n) is 8.78. The molecule has 0 fully saturated rings. The molecule has 2 unspecified atom stereocenters. The summed E-state index contributed by atoms with van der Waals surface area (Å²) < 4.78 is 11.8. The number of hydrogen-bond donors (Lipinski definition) is 1. The summed E-state index contributed by atoms with van der Waals surface area (Å²) in [5.74, 6) is -0.895. The molecule has 0 aromatic heterocycles. The summed E-state index contributed by atoms with van der Waals surface area (Å²) in [4.78, 5) is 22.0. The largest absolute Gasteiger partial charge is 0.481 e. The third-order valence-corrected chi connectivity index (χ3v) is 5.77. The Morgan fingerprint density at radius 3 is 2.03 bits per heavy atom. The number of carboxylic acid groups (broad SMARTS) is 1. The summed E-state index contributed by atoms with van der Waals surface area (Å²) in [6.07, 6.45) is 13.9. The van der Waals surface area contributed by atoms with Crippen molar-refractivity contribution in [2.24, 2.45) is 0 Å². The molecule has 0 heterocycles. The molecule has 5 heteroatoms. The first-order valence-electron chi connectivity index (χ1n) is 12.6. The van der Waals surface area contributed by atoms with Gasteiger partial charge in [0.15, 0.2) is 0 Å². The fraction of sp³-hybridized carbons (Fsp3) is 0.704. The Labute approximate surface area is 194 Å². The van der Waals surface area contributed by atoms with Crippen LogP contribution in [0.15, 0.2) is 30.3 Å². The van der Waals surface area contributed by atoms with Crippen molar-refractivity contribution in [3.8, 4) is 0 Å². The van der Waals surface area contributed by atoms with Gasteiger partial charge in [0, 0.05) is 13.3 Å². The van der Waals surface area contributed by atoms with Crippen LogP contribution in [0.1, 0.15) is 109 Å². The van der Waals surface area contributed by atoms with Gasteiger partial charge in [-0.05, 0) is 37.7 Å². The maximum absolute atomic E-state index is 11.5. The quantitative estimate of drug-likeness (QED) is 0.171. The van der Waals surface area contributed by atoms with Gasteiger partial charge in [-0.15, -0.1) is 0 Å².